The molecular weight excluding hydrogens is 440 g/mol. The lowest BCUT2D eigenvalue weighted by atomic mass is 10.1. The zero-order chi connectivity index (χ0) is 23.9. The maximum absolute atomic E-state index is 12.8. The van der Waals surface area contributed by atoms with E-state index in [1.54, 1.807) is 45.4 Å². The van der Waals surface area contributed by atoms with Crippen LogP contribution in [0, 0.1) is 6.92 Å². The Labute approximate surface area is 194 Å². The van der Waals surface area contributed by atoms with Crippen LogP contribution >= 0.6 is 11.3 Å². The van der Waals surface area contributed by atoms with Crippen molar-refractivity contribution in [2.75, 3.05) is 6.54 Å². The van der Waals surface area contributed by atoms with Gasteiger partial charge in [0.15, 0.2) is 0 Å². The molecule has 0 atom stereocenters. The van der Waals surface area contributed by atoms with Gasteiger partial charge in [-0.1, -0.05) is 0 Å². The van der Waals surface area contributed by atoms with Gasteiger partial charge in [-0.2, -0.15) is 0 Å². The van der Waals surface area contributed by atoms with Gasteiger partial charge in [0, 0.05) is 47.9 Å². The van der Waals surface area contributed by atoms with Gasteiger partial charge in [-0.05, 0) is 51.5 Å². The number of thiophene rings is 1. The van der Waals surface area contributed by atoms with Gasteiger partial charge in [-0.15, -0.1) is 11.3 Å². The Bertz CT molecular complexity index is 1410. The Hall–Kier alpha value is -3.43. The van der Waals surface area contributed by atoms with Gasteiger partial charge >= 0.3 is 0 Å². The predicted molar refractivity (Wildman–Crippen MR) is 129 cm³/mol. The van der Waals surface area contributed by atoms with Crippen LogP contribution < -0.4 is 15.6 Å². The van der Waals surface area contributed by atoms with Crippen molar-refractivity contribution in [3.05, 3.63) is 63.1 Å². The first kappa shape index (κ1) is 22.8. The van der Waals surface area contributed by atoms with Crippen molar-refractivity contribution in [2.45, 2.75) is 33.3 Å². The number of pyridine rings is 2. The van der Waals surface area contributed by atoms with Crippen LogP contribution in [-0.2, 0) is 12.6 Å². The molecule has 0 aliphatic rings. The number of fused-ring (bicyclic) bond motifs is 1. The van der Waals surface area contributed by atoms with E-state index in [0.717, 1.165) is 10.4 Å². The Morgan fingerprint density at radius 1 is 1.33 bits per heavy atom. The van der Waals surface area contributed by atoms with Crippen molar-refractivity contribution >= 4 is 28.1 Å². The molecule has 0 spiro atoms. The van der Waals surface area contributed by atoms with E-state index < -0.39 is 5.60 Å². The van der Waals surface area contributed by atoms with E-state index in [4.69, 9.17) is 4.74 Å². The molecular formula is C24H26N4O4S. The third kappa shape index (κ3) is 4.42. The fourth-order valence-corrected chi connectivity index (χ4v) is 4.62. The largest absolute Gasteiger partial charge is 0.437 e. The Balaban J connectivity index is 1.94. The first-order chi connectivity index (χ1) is 15.6. The third-order valence-corrected chi connectivity index (χ3v) is 6.66. The number of aryl methyl sites for hydroxylation is 2. The number of carbonyl (C=O) groups is 1. The molecule has 172 valence electrons. The second kappa shape index (κ2) is 8.49. The minimum Gasteiger partial charge on any atom is -0.437 e. The average molecular weight is 467 g/mol. The van der Waals surface area contributed by atoms with E-state index in [0.29, 0.717) is 45.2 Å². The number of rotatable bonds is 6. The predicted octanol–water partition coefficient (Wildman–Crippen LogP) is 4.07. The number of H-pyrrole nitrogens is 1. The number of nitrogens with one attached hydrogen (secondary N) is 2. The molecule has 8 nitrogen and oxygen atoms in total. The van der Waals surface area contributed by atoms with Gasteiger partial charge in [-0.25, -0.2) is 4.98 Å². The van der Waals surface area contributed by atoms with Crippen LogP contribution in [0.3, 0.4) is 0 Å². The van der Waals surface area contributed by atoms with Gasteiger partial charge in [0.1, 0.15) is 17.0 Å². The highest BCUT2D eigenvalue weighted by atomic mass is 32.1. The lowest BCUT2D eigenvalue weighted by Gasteiger charge is -2.13. The van der Waals surface area contributed by atoms with Crippen molar-refractivity contribution in [1.29, 1.82) is 0 Å². The van der Waals surface area contributed by atoms with Gasteiger partial charge in [-0.3, -0.25) is 9.59 Å². The van der Waals surface area contributed by atoms with Crippen LogP contribution in [0.4, 0.5) is 0 Å². The first-order valence-electron chi connectivity index (χ1n) is 10.6. The molecule has 0 aliphatic heterocycles. The Morgan fingerprint density at radius 2 is 2.09 bits per heavy atom. The Morgan fingerprint density at radius 3 is 2.76 bits per heavy atom. The molecule has 0 aliphatic carbocycles. The summed E-state index contributed by atoms with van der Waals surface area (Å²) in [5.41, 5.74) is 1.01. The second-order valence-electron chi connectivity index (χ2n) is 8.43. The van der Waals surface area contributed by atoms with Crippen LogP contribution in [-0.4, -0.2) is 32.1 Å². The number of aliphatic hydroxyl groups is 1. The van der Waals surface area contributed by atoms with Gasteiger partial charge < -0.3 is 24.7 Å². The molecule has 4 rings (SSSR count). The maximum atomic E-state index is 12.8. The monoisotopic (exact) mass is 466 g/mol. The Kier molecular flexibility index (Phi) is 5.85. The van der Waals surface area contributed by atoms with Crippen molar-refractivity contribution in [2.24, 2.45) is 7.05 Å². The molecule has 0 saturated carbocycles. The van der Waals surface area contributed by atoms with Crippen molar-refractivity contribution in [3.63, 3.8) is 0 Å². The van der Waals surface area contributed by atoms with Crippen LogP contribution in [0.15, 0.2) is 41.5 Å². The minimum atomic E-state index is -1.09. The summed E-state index contributed by atoms with van der Waals surface area (Å²) < 4.78 is 7.61. The molecule has 0 aromatic carbocycles. The number of hydrogen-bond acceptors (Lipinski definition) is 6. The number of aromatic nitrogens is 3. The summed E-state index contributed by atoms with van der Waals surface area (Å²) in [7, 11) is 1.66. The summed E-state index contributed by atoms with van der Waals surface area (Å²) in [6.07, 6.45) is 3.39. The highest BCUT2D eigenvalue weighted by Crippen LogP contribution is 2.45. The normalized spacial score (nSPS) is 11.7. The fraction of sp³-hybridized carbons (Fsp3) is 0.292. The van der Waals surface area contributed by atoms with E-state index in [1.807, 2.05) is 26.0 Å². The van der Waals surface area contributed by atoms with Crippen molar-refractivity contribution < 1.29 is 14.6 Å². The number of amides is 1. The summed E-state index contributed by atoms with van der Waals surface area (Å²) in [6.45, 7) is 7.66. The number of ether oxygens (including phenoxy) is 1. The molecule has 3 N–H and O–H groups in total. The SMILES string of the molecule is CCNC(=O)c1cc2c(-c3sc(C(C)(C)O)cc3Oc3cc(C)ccn3)cn(C)c(=O)c2[nH]1. The second-order valence-corrected chi connectivity index (χ2v) is 9.48. The molecule has 0 bridgehead atoms. The lowest BCUT2D eigenvalue weighted by Crippen LogP contribution is -2.23. The van der Waals surface area contributed by atoms with Crippen LogP contribution in [0.25, 0.3) is 21.3 Å². The molecule has 0 saturated heterocycles. The quantitative estimate of drug-likeness (QED) is 0.397. The number of hydrogen-bond donors (Lipinski definition) is 3. The fourth-order valence-electron chi connectivity index (χ4n) is 3.51. The van der Waals surface area contributed by atoms with Crippen molar-refractivity contribution in [3.8, 4) is 22.1 Å². The topological polar surface area (TPSA) is 109 Å². The standard InChI is InChI=1S/C24H26N4O4S/c1-6-25-22(29)16-10-14-15(12-28(5)23(30)20(14)27-16)21-17(11-18(33-21)24(3,4)31)32-19-9-13(2)7-8-26-19/h7-12,27,31H,6H2,1-5H3,(H,25,29). The van der Waals surface area contributed by atoms with Gasteiger partial charge in [0.25, 0.3) is 11.5 Å². The lowest BCUT2D eigenvalue weighted by molar-refractivity contribution is 0.0824. The average Bonchev–Trinajstić information content (AvgIpc) is 3.36. The van der Waals surface area contributed by atoms with Crippen molar-refractivity contribution in [1.82, 2.24) is 19.9 Å². The first-order valence-corrected chi connectivity index (χ1v) is 11.4. The van der Waals surface area contributed by atoms with E-state index in [9.17, 15) is 14.7 Å². The van der Waals surface area contributed by atoms with E-state index in [1.165, 1.54) is 15.9 Å². The summed E-state index contributed by atoms with van der Waals surface area (Å²) in [5, 5.41) is 14.0. The smallest absolute Gasteiger partial charge is 0.274 e. The molecule has 4 aromatic heterocycles. The highest BCUT2D eigenvalue weighted by molar-refractivity contribution is 7.16. The summed E-state index contributed by atoms with van der Waals surface area (Å²) >= 11 is 1.37. The molecule has 0 fully saturated rings. The minimum absolute atomic E-state index is 0.244. The number of nitrogens with zero attached hydrogens (tertiary/aromatic N) is 2. The molecule has 9 heteroatoms. The highest BCUT2D eigenvalue weighted by Gasteiger charge is 2.26. The van der Waals surface area contributed by atoms with Crippen LogP contribution in [0.2, 0.25) is 0 Å². The van der Waals surface area contributed by atoms with Crippen LogP contribution in [0.5, 0.6) is 11.6 Å². The molecule has 0 radical (unpaired) electrons. The molecule has 33 heavy (non-hydrogen) atoms. The molecule has 0 unspecified atom stereocenters. The summed E-state index contributed by atoms with van der Waals surface area (Å²) in [4.78, 5) is 33.9. The van der Waals surface area contributed by atoms with E-state index in [-0.39, 0.29) is 11.5 Å². The molecule has 1 amide bonds. The molecule has 4 aromatic rings. The zero-order valence-electron chi connectivity index (χ0n) is 19.1. The zero-order valence-corrected chi connectivity index (χ0v) is 20.0. The number of aromatic amines is 1. The van der Waals surface area contributed by atoms with Crippen LogP contribution in [0.1, 0.15) is 41.7 Å². The molecule has 4 heterocycles. The summed E-state index contributed by atoms with van der Waals surface area (Å²) in [6, 6.07) is 7.17. The summed E-state index contributed by atoms with van der Waals surface area (Å²) in [5.74, 6) is 0.649. The van der Waals surface area contributed by atoms with E-state index >= 15 is 0 Å². The van der Waals surface area contributed by atoms with E-state index in [2.05, 4.69) is 15.3 Å². The van der Waals surface area contributed by atoms with Gasteiger partial charge in [0.05, 0.1) is 10.5 Å². The number of carbonyl (C=O) groups excluding carboxylic acids is 1. The van der Waals surface area contributed by atoms with Gasteiger partial charge in [0.2, 0.25) is 5.88 Å². The maximum Gasteiger partial charge on any atom is 0.274 e. The third-order valence-electron chi connectivity index (χ3n) is 5.20.